The minimum atomic E-state index is -0.459. The van der Waals surface area contributed by atoms with Crippen molar-refractivity contribution < 1.29 is 19.2 Å². The Bertz CT molecular complexity index is 787. The van der Waals surface area contributed by atoms with E-state index in [0.717, 1.165) is 12.0 Å². The van der Waals surface area contributed by atoms with Crippen LogP contribution in [-0.4, -0.2) is 24.5 Å². The molecule has 2 rings (SSSR count). The first-order chi connectivity index (χ1) is 12.9. The summed E-state index contributed by atoms with van der Waals surface area (Å²) in [7, 11) is 1.53. The number of non-ortho nitro benzene ring substituents is 1. The van der Waals surface area contributed by atoms with Crippen molar-refractivity contribution in [2.75, 3.05) is 13.7 Å². The summed E-state index contributed by atoms with van der Waals surface area (Å²) in [5, 5.41) is 13.5. The molecule has 2 aromatic rings. The van der Waals surface area contributed by atoms with Crippen LogP contribution in [0.15, 0.2) is 42.5 Å². The van der Waals surface area contributed by atoms with Gasteiger partial charge in [-0.05, 0) is 36.1 Å². The molecule has 0 unspecified atom stereocenters. The number of benzene rings is 2. The van der Waals surface area contributed by atoms with Crippen LogP contribution in [0, 0.1) is 16.0 Å². The van der Waals surface area contributed by atoms with E-state index >= 15 is 0 Å². The molecule has 0 aliphatic carbocycles. The molecule has 2 aromatic carbocycles. The Balaban J connectivity index is 1.98. The Morgan fingerprint density at radius 2 is 1.85 bits per heavy atom. The molecule has 0 spiro atoms. The van der Waals surface area contributed by atoms with Gasteiger partial charge in [-0.25, -0.2) is 0 Å². The number of methoxy groups -OCH3 is 1. The van der Waals surface area contributed by atoms with Gasteiger partial charge in [-0.2, -0.15) is 0 Å². The van der Waals surface area contributed by atoms with Crippen molar-refractivity contribution in [2.45, 2.75) is 26.8 Å². The molecular weight excluding hydrogens is 348 g/mol. The number of nitro groups is 1. The molecule has 7 heteroatoms. The molecule has 0 radical (unpaired) electrons. The number of nitrogens with one attached hydrogen (secondary N) is 1. The van der Waals surface area contributed by atoms with Gasteiger partial charge in [-0.1, -0.05) is 26.0 Å². The second kappa shape index (κ2) is 9.56. The molecule has 0 bridgehead atoms. The van der Waals surface area contributed by atoms with Gasteiger partial charge >= 0.3 is 0 Å². The number of carbonyl (C=O) groups excluding carboxylic acids is 1. The third kappa shape index (κ3) is 5.99. The lowest BCUT2D eigenvalue weighted by Crippen LogP contribution is -2.22. The van der Waals surface area contributed by atoms with Gasteiger partial charge in [-0.15, -0.1) is 0 Å². The fourth-order valence-electron chi connectivity index (χ4n) is 2.35. The lowest BCUT2D eigenvalue weighted by atomic mass is 10.1. The van der Waals surface area contributed by atoms with Gasteiger partial charge in [-0.3, -0.25) is 14.9 Å². The minimum absolute atomic E-state index is 0.0165. The molecule has 0 saturated heterocycles. The van der Waals surface area contributed by atoms with Crippen LogP contribution in [0.2, 0.25) is 0 Å². The van der Waals surface area contributed by atoms with E-state index in [4.69, 9.17) is 9.47 Å². The fraction of sp³-hybridized carbons (Fsp3) is 0.350. The quantitative estimate of drug-likeness (QED) is 0.531. The molecule has 0 aliphatic rings. The summed E-state index contributed by atoms with van der Waals surface area (Å²) in [6.07, 6.45) is 0.931. The van der Waals surface area contributed by atoms with Crippen LogP contribution < -0.4 is 14.8 Å². The molecule has 0 aromatic heterocycles. The molecule has 1 N–H and O–H groups in total. The molecule has 0 aliphatic heterocycles. The Kier molecular flexibility index (Phi) is 7.16. The molecule has 1 amide bonds. The third-order valence-corrected chi connectivity index (χ3v) is 3.98. The van der Waals surface area contributed by atoms with Gasteiger partial charge in [0.05, 0.1) is 18.6 Å². The van der Waals surface area contributed by atoms with E-state index in [1.165, 1.54) is 19.2 Å². The van der Waals surface area contributed by atoms with Crippen LogP contribution in [0.5, 0.6) is 11.5 Å². The molecule has 7 nitrogen and oxygen atoms in total. The molecule has 27 heavy (non-hydrogen) atoms. The average Bonchev–Trinajstić information content (AvgIpc) is 2.66. The van der Waals surface area contributed by atoms with Crippen molar-refractivity contribution in [3.8, 4) is 11.5 Å². The van der Waals surface area contributed by atoms with Crippen molar-refractivity contribution in [2.24, 2.45) is 5.92 Å². The molecule has 0 atom stereocenters. The lowest BCUT2D eigenvalue weighted by molar-refractivity contribution is -0.384. The van der Waals surface area contributed by atoms with Crippen LogP contribution in [-0.2, 0) is 6.54 Å². The van der Waals surface area contributed by atoms with Gasteiger partial charge < -0.3 is 14.8 Å². The molecular formula is C20H24N2O5. The van der Waals surface area contributed by atoms with Gasteiger partial charge in [0.25, 0.3) is 11.6 Å². The Morgan fingerprint density at radius 3 is 2.44 bits per heavy atom. The van der Waals surface area contributed by atoms with Gasteiger partial charge in [0.2, 0.25) is 0 Å². The summed E-state index contributed by atoms with van der Waals surface area (Å²) in [5.74, 6) is 1.38. The third-order valence-electron chi connectivity index (χ3n) is 3.98. The first kappa shape index (κ1) is 20.2. The van der Waals surface area contributed by atoms with Gasteiger partial charge in [0.1, 0.15) is 0 Å². The van der Waals surface area contributed by atoms with Crippen molar-refractivity contribution in [3.63, 3.8) is 0 Å². The van der Waals surface area contributed by atoms with Crippen molar-refractivity contribution in [3.05, 3.63) is 63.7 Å². The zero-order valence-corrected chi connectivity index (χ0v) is 15.7. The molecule has 0 fully saturated rings. The molecule has 144 valence electrons. The van der Waals surface area contributed by atoms with E-state index in [0.29, 0.717) is 29.6 Å². The second-order valence-corrected chi connectivity index (χ2v) is 6.50. The second-order valence-electron chi connectivity index (χ2n) is 6.50. The van der Waals surface area contributed by atoms with Crippen LogP contribution >= 0.6 is 0 Å². The van der Waals surface area contributed by atoms with Gasteiger partial charge in [0.15, 0.2) is 11.5 Å². The summed E-state index contributed by atoms with van der Waals surface area (Å²) in [6.45, 7) is 5.10. The smallest absolute Gasteiger partial charge is 0.269 e. The molecule has 0 heterocycles. The summed E-state index contributed by atoms with van der Waals surface area (Å²) in [6, 6.07) is 11.1. The fourth-order valence-corrected chi connectivity index (χ4v) is 2.35. The van der Waals surface area contributed by atoms with Crippen LogP contribution in [0.1, 0.15) is 36.2 Å². The van der Waals surface area contributed by atoms with E-state index in [-0.39, 0.29) is 18.1 Å². The highest BCUT2D eigenvalue weighted by atomic mass is 16.6. The lowest BCUT2D eigenvalue weighted by Gasteiger charge is -2.13. The average molecular weight is 372 g/mol. The van der Waals surface area contributed by atoms with Crippen molar-refractivity contribution >= 4 is 11.6 Å². The summed E-state index contributed by atoms with van der Waals surface area (Å²) in [4.78, 5) is 22.6. The predicted octanol–water partition coefficient (Wildman–Crippen LogP) is 3.96. The maximum atomic E-state index is 12.4. The Morgan fingerprint density at radius 1 is 1.15 bits per heavy atom. The Labute approximate surface area is 158 Å². The first-order valence-electron chi connectivity index (χ1n) is 8.73. The van der Waals surface area contributed by atoms with Crippen molar-refractivity contribution in [1.82, 2.24) is 5.32 Å². The van der Waals surface area contributed by atoms with E-state index in [9.17, 15) is 14.9 Å². The Hall–Kier alpha value is -3.09. The van der Waals surface area contributed by atoms with Gasteiger partial charge in [0, 0.05) is 24.2 Å². The van der Waals surface area contributed by atoms with E-state index < -0.39 is 4.92 Å². The highest BCUT2D eigenvalue weighted by Gasteiger charge is 2.12. The number of carbonyl (C=O) groups is 1. The number of hydrogen-bond donors (Lipinski definition) is 1. The van der Waals surface area contributed by atoms with E-state index in [1.807, 2.05) is 0 Å². The topological polar surface area (TPSA) is 90.7 Å². The number of ether oxygens (including phenoxy) is 2. The SMILES string of the molecule is COc1cc(C(=O)NCc2ccc([N+](=O)[O-])cc2)ccc1OCCC(C)C. The predicted molar refractivity (Wildman–Crippen MR) is 102 cm³/mol. The number of hydrogen-bond acceptors (Lipinski definition) is 5. The highest BCUT2D eigenvalue weighted by Crippen LogP contribution is 2.28. The van der Waals surface area contributed by atoms with Crippen LogP contribution in [0.4, 0.5) is 5.69 Å². The molecule has 0 saturated carbocycles. The maximum Gasteiger partial charge on any atom is 0.269 e. The number of amides is 1. The standard InChI is InChI=1S/C20H24N2O5/c1-14(2)10-11-27-18-9-6-16(12-19(18)26-3)20(23)21-13-15-4-7-17(8-5-15)22(24)25/h4-9,12,14H,10-11,13H2,1-3H3,(H,21,23). The summed E-state index contributed by atoms with van der Waals surface area (Å²) in [5.41, 5.74) is 1.24. The number of rotatable bonds is 9. The monoisotopic (exact) mass is 372 g/mol. The summed E-state index contributed by atoms with van der Waals surface area (Å²) >= 11 is 0. The summed E-state index contributed by atoms with van der Waals surface area (Å²) < 4.78 is 11.0. The van der Waals surface area contributed by atoms with Crippen molar-refractivity contribution in [1.29, 1.82) is 0 Å². The largest absolute Gasteiger partial charge is 0.493 e. The van der Waals surface area contributed by atoms with Crippen LogP contribution in [0.25, 0.3) is 0 Å². The normalized spacial score (nSPS) is 10.5. The number of nitrogens with zero attached hydrogens (tertiary/aromatic N) is 1. The van der Waals surface area contributed by atoms with E-state index in [1.54, 1.807) is 30.3 Å². The van der Waals surface area contributed by atoms with E-state index in [2.05, 4.69) is 19.2 Å². The highest BCUT2D eigenvalue weighted by molar-refractivity contribution is 5.94. The minimum Gasteiger partial charge on any atom is -0.493 e. The zero-order chi connectivity index (χ0) is 19.8. The van der Waals surface area contributed by atoms with Crippen LogP contribution in [0.3, 0.4) is 0 Å². The zero-order valence-electron chi connectivity index (χ0n) is 15.7. The first-order valence-corrected chi connectivity index (χ1v) is 8.73. The maximum absolute atomic E-state index is 12.4. The number of nitro benzene ring substituents is 1.